The van der Waals surface area contributed by atoms with Gasteiger partial charge in [-0.2, -0.15) is 0 Å². The van der Waals surface area contributed by atoms with Crippen molar-refractivity contribution in [2.45, 2.75) is 38.3 Å². The lowest BCUT2D eigenvalue weighted by atomic mass is 9.99. The van der Waals surface area contributed by atoms with Gasteiger partial charge in [0, 0.05) is 37.6 Å². The molecule has 0 saturated carbocycles. The number of rotatable bonds is 5. The minimum atomic E-state index is 0.129. The van der Waals surface area contributed by atoms with Crippen molar-refractivity contribution < 1.29 is 4.79 Å². The fourth-order valence-corrected chi connectivity index (χ4v) is 3.14. The number of imidazole rings is 1. The molecule has 1 aromatic carbocycles. The van der Waals surface area contributed by atoms with Gasteiger partial charge in [-0.1, -0.05) is 30.3 Å². The number of piperidine rings is 1. The summed E-state index contributed by atoms with van der Waals surface area (Å²) in [6.07, 6.45) is 13.6. The van der Waals surface area contributed by atoms with Crippen LogP contribution >= 0.6 is 0 Å². The molecule has 4 nitrogen and oxygen atoms in total. The largest absolute Gasteiger partial charge is 0.337 e. The fourth-order valence-electron chi connectivity index (χ4n) is 3.14. The Morgan fingerprint density at radius 1 is 1.26 bits per heavy atom. The number of likely N-dealkylation sites (tertiary alicyclic amines) is 1. The third-order valence-electron chi connectivity index (χ3n) is 4.41. The van der Waals surface area contributed by atoms with Crippen molar-refractivity contribution in [2.24, 2.45) is 0 Å². The van der Waals surface area contributed by atoms with Gasteiger partial charge in [0.15, 0.2) is 0 Å². The van der Waals surface area contributed by atoms with Crippen molar-refractivity contribution in [1.82, 2.24) is 14.5 Å². The first-order valence-electron chi connectivity index (χ1n) is 8.32. The number of aryl methyl sites for hydroxylation is 1. The van der Waals surface area contributed by atoms with E-state index in [4.69, 9.17) is 0 Å². The maximum absolute atomic E-state index is 12.6. The summed E-state index contributed by atoms with van der Waals surface area (Å²) in [5.41, 5.74) is 1.06. The average molecular weight is 309 g/mol. The summed E-state index contributed by atoms with van der Waals surface area (Å²) in [6.45, 7) is 1.78. The topological polar surface area (TPSA) is 38.1 Å². The molecule has 0 bridgehead atoms. The molecule has 1 aromatic heterocycles. The zero-order chi connectivity index (χ0) is 15.9. The standard InChI is InChI=1S/C19H23N3O/c23-19(10-9-17-6-2-1-3-7-17)22-13-5-4-8-18(22)11-14-21-15-12-20-16-21/h1-3,6-7,9-10,12,15-16,18H,4-5,8,11,13-14H2/b10-9+/t18-/m0/s1. The van der Waals surface area contributed by atoms with Gasteiger partial charge in [0.1, 0.15) is 0 Å². The number of nitrogens with zero attached hydrogens (tertiary/aromatic N) is 3. The molecule has 0 spiro atoms. The number of benzene rings is 1. The van der Waals surface area contributed by atoms with Gasteiger partial charge in [0.25, 0.3) is 0 Å². The second kappa shape index (κ2) is 7.77. The van der Waals surface area contributed by atoms with E-state index < -0.39 is 0 Å². The molecule has 2 aromatic rings. The highest BCUT2D eigenvalue weighted by atomic mass is 16.2. The molecule has 0 unspecified atom stereocenters. The van der Waals surface area contributed by atoms with Crippen LogP contribution in [0.15, 0.2) is 55.1 Å². The molecule has 0 radical (unpaired) electrons. The van der Waals surface area contributed by atoms with Gasteiger partial charge in [-0.05, 0) is 37.3 Å². The van der Waals surface area contributed by atoms with Crippen LogP contribution in [0.1, 0.15) is 31.2 Å². The summed E-state index contributed by atoms with van der Waals surface area (Å²) >= 11 is 0. The second-order valence-corrected chi connectivity index (χ2v) is 6.01. The highest BCUT2D eigenvalue weighted by Crippen LogP contribution is 2.21. The Morgan fingerprint density at radius 3 is 2.91 bits per heavy atom. The monoisotopic (exact) mass is 309 g/mol. The lowest BCUT2D eigenvalue weighted by Gasteiger charge is -2.35. The van der Waals surface area contributed by atoms with Crippen molar-refractivity contribution >= 4 is 12.0 Å². The van der Waals surface area contributed by atoms with Crippen molar-refractivity contribution in [3.8, 4) is 0 Å². The summed E-state index contributed by atoms with van der Waals surface area (Å²) in [5, 5.41) is 0. The van der Waals surface area contributed by atoms with Crippen LogP contribution in [0.25, 0.3) is 6.08 Å². The predicted octanol–water partition coefficient (Wildman–Crippen LogP) is 3.37. The molecule has 3 rings (SSSR count). The number of aromatic nitrogens is 2. The Bertz CT molecular complexity index is 634. The predicted molar refractivity (Wildman–Crippen MR) is 91.7 cm³/mol. The molecule has 1 atom stereocenters. The van der Waals surface area contributed by atoms with Gasteiger partial charge in [0.05, 0.1) is 6.33 Å². The van der Waals surface area contributed by atoms with Crippen molar-refractivity contribution in [3.63, 3.8) is 0 Å². The van der Waals surface area contributed by atoms with Crippen LogP contribution in [-0.4, -0.2) is 32.9 Å². The highest BCUT2D eigenvalue weighted by molar-refractivity contribution is 5.92. The smallest absolute Gasteiger partial charge is 0.246 e. The summed E-state index contributed by atoms with van der Waals surface area (Å²) in [6, 6.07) is 10.3. The fraction of sp³-hybridized carbons (Fsp3) is 0.368. The minimum absolute atomic E-state index is 0.129. The summed E-state index contributed by atoms with van der Waals surface area (Å²) < 4.78 is 2.08. The number of carbonyl (C=O) groups excluding carboxylic acids is 1. The molecule has 1 saturated heterocycles. The van der Waals surface area contributed by atoms with Crippen LogP contribution in [0, 0.1) is 0 Å². The first kappa shape index (κ1) is 15.5. The van der Waals surface area contributed by atoms with E-state index in [0.717, 1.165) is 37.9 Å². The van der Waals surface area contributed by atoms with Crippen molar-refractivity contribution in [2.75, 3.05) is 6.54 Å². The molecule has 4 heteroatoms. The van der Waals surface area contributed by atoms with E-state index in [1.165, 1.54) is 6.42 Å². The van der Waals surface area contributed by atoms with Crippen LogP contribution in [0.3, 0.4) is 0 Å². The normalized spacial score (nSPS) is 18.4. The van der Waals surface area contributed by atoms with E-state index in [1.54, 1.807) is 12.3 Å². The Kier molecular flexibility index (Phi) is 5.25. The third kappa shape index (κ3) is 4.31. The van der Waals surface area contributed by atoms with Crippen LogP contribution < -0.4 is 0 Å². The number of hydrogen-bond acceptors (Lipinski definition) is 2. The molecule has 120 valence electrons. The molecule has 0 N–H and O–H groups in total. The number of carbonyl (C=O) groups is 1. The first-order valence-corrected chi connectivity index (χ1v) is 8.32. The van der Waals surface area contributed by atoms with Crippen LogP contribution in [0.5, 0.6) is 0 Å². The first-order chi connectivity index (χ1) is 11.3. The van der Waals surface area contributed by atoms with Crippen molar-refractivity contribution in [1.29, 1.82) is 0 Å². The molecule has 1 amide bonds. The van der Waals surface area contributed by atoms with Gasteiger partial charge in [0.2, 0.25) is 5.91 Å². The minimum Gasteiger partial charge on any atom is -0.337 e. The van der Waals surface area contributed by atoms with Gasteiger partial charge in [-0.3, -0.25) is 4.79 Å². The molecule has 1 aliphatic heterocycles. The zero-order valence-electron chi connectivity index (χ0n) is 13.3. The van der Waals surface area contributed by atoms with Gasteiger partial charge in [-0.25, -0.2) is 4.98 Å². The molecule has 1 aliphatic rings. The Labute approximate surface area is 137 Å². The average Bonchev–Trinajstić information content (AvgIpc) is 3.12. The van der Waals surface area contributed by atoms with Gasteiger partial charge in [-0.15, -0.1) is 0 Å². The molecule has 2 heterocycles. The van der Waals surface area contributed by atoms with E-state index in [9.17, 15) is 4.79 Å². The maximum Gasteiger partial charge on any atom is 0.246 e. The number of hydrogen-bond donors (Lipinski definition) is 0. The van der Waals surface area contributed by atoms with Gasteiger partial charge >= 0.3 is 0 Å². The lowest BCUT2D eigenvalue weighted by Crippen LogP contribution is -2.43. The molecular formula is C19H23N3O. The molecule has 1 fully saturated rings. The molecule has 0 aliphatic carbocycles. The summed E-state index contributed by atoms with van der Waals surface area (Å²) in [7, 11) is 0. The quantitative estimate of drug-likeness (QED) is 0.794. The van der Waals surface area contributed by atoms with Crippen LogP contribution in [0.4, 0.5) is 0 Å². The van der Waals surface area contributed by atoms with E-state index in [2.05, 4.69) is 9.55 Å². The number of amides is 1. The SMILES string of the molecule is O=C(/C=C/c1ccccc1)N1CCCC[C@H]1CCn1ccnc1. The Morgan fingerprint density at radius 2 is 2.13 bits per heavy atom. The van der Waals surface area contributed by atoms with E-state index in [1.807, 2.05) is 53.8 Å². The van der Waals surface area contributed by atoms with Gasteiger partial charge < -0.3 is 9.47 Å². The second-order valence-electron chi connectivity index (χ2n) is 6.01. The maximum atomic E-state index is 12.6. The van der Waals surface area contributed by atoms with E-state index >= 15 is 0 Å². The van der Waals surface area contributed by atoms with E-state index in [-0.39, 0.29) is 5.91 Å². The highest BCUT2D eigenvalue weighted by Gasteiger charge is 2.24. The van der Waals surface area contributed by atoms with E-state index in [0.29, 0.717) is 6.04 Å². The Hall–Kier alpha value is -2.36. The summed E-state index contributed by atoms with van der Waals surface area (Å²) in [5.74, 6) is 0.129. The molecule has 23 heavy (non-hydrogen) atoms. The summed E-state index contributed by atoms with van der Waals surface area (Å²) in [4.78, 5) is 18.7. The van der Waals surface area contributed by atoms with Crippen LogP contribution in [0.2, 0.25) is 0 Å². The lowest BCUT2D eigenvalue weighted by molar-refractivity contribution is -0.129. The Balaban J connectivity index is 1.61. The third-order valence-corrected chi connectivity index (χ3v) is 4.41. The van der Waals surface area contributed by atoms with Crippen LogP contribution in [-0.2, 0) is 11.3 Å². The van der Waals surface area contributed by atoms with Crippen molar-refractivity contribution in [3.05, 3.63) is 60.7 Å². The molecular weight excluding hydrogens is 286 g/mol. The zero-order valence-corrected chi connectivity index (χ0v) is 13.3.